The van der Waals surface area contributed by atoms with Gasteiger partial charge in [0.05, 0.1) is 18.3 Å². The summed E-state index contributed by atoms with van der Waals surface area (Å²) >= 11 is 0. The van der Waals surface area contributed by atoms with Crippen LogP contribution in [0.3, 0.4) is 0 Å². The van der Waals surface area contributed by atoms with E-state index in [9.17, 15) is 9.90 Å². The number of hydrogen-bond donors (Lipinski definition) is 2. The molecule has 5 nitrogen and oxygen atoms in total. The normalized spacial score (nSPS) is 11.2. The Morgan fingerprint density at radius 2 is 2.11 bits per heavy atom. The summed E-state index contributed by atoms with van der Waals surface area (Å²) in [6, 6.07) is 4.91. The van der Waals surface area contributed by atoms with E-state index in [1.807, 2.05) is 0 Å². The van der Waals surface area contributed by atoms with E-state index in [1.165, 1.54) is 12.0 Å². The first-order chi connectivity index (χ1) is 8.24. The van der Waals surface area contributed by atoms with Gasteiger partial charge in [-0.25, -0.2) is 0 Å². The molecule has 1 aromatic rings. The second-order valence-corrected chi connectivity index (χ2v) is 4.93. The zero-order chi connectivity index (χ0) is 13.9. The van der Waals surface area contributed by atoms with E-state index in [4.69, 9.17) is 10.5 Å². The predicted molar refractivity (Wildman–Crippen MR) is 70.7 cm³/mol. The van der Waals surface area contributed by atoms with E-state index in [0.29, 0.717) is 17.0 Å². The van der Waals surface area contributed by atoms with Crippen molar-refractivity contribution in [3.05, 3.63) is 23.8 Å². The quantitative estimate of drug-likeness (QED) is 0.787. The molecule has 1 amide bonds. The zero-order valence-electron chi connectivity index (χ0n) is 11.2. The van der Waals surface area contributed by atoms with Gasteiger partial charge in [-0.3, -0.25) is 4.79 Å². The molecule has 0 fully saturated rings. The lowest BCUT2D eigenvalue weighted by Gasteiger charge is -2.26. The molecular weight excluding hydrogens is 232 g/mol. The van der Waals surface area contributed by atoms with Gasteiger partial charge in [-0.05, 0) is 26.0 Å². The number of aliphatic hydroxyl groups is 1. The van der Waals surface area contributed by atoms with Crippen LogP contribution >= 0.6 is 0 Å². The third-order valence-corrected chi connectivity index (χ3v) is 2.46. The summed E-state index contributed by atoms with van der Waals surface area (Å²) in [5.74, 6) is 0.381. The molecule has 0 bridgehead atoms. The fraction of sp³-hybridized carbons (Fsp3) is 0.462. The first kappa shape index (κ1) is 14.3. The highest BCUT2D eigenvalue weighted by molar-refractivity contribution is 5.99. The Morgan fingerprint density at radius 3 is 2.56 bits per heavy atom. The van der Waals surface area contributed by atoms with Crippen molar-refractivity contribution in [1.29, 1.82) is 0 Å². The Hall–Kier alpha value is -1.75. The number of carbonyl (C=O) groups is 1. The predicted octanol–water partition coefficient (Wildman–Crippen LogP) is 1.12. The van der Waals surface area contributed by atoms with Gasteiger partial charge >= 0.3 is 0 Å². The van der Waals surface area contributed by atoms with E-state index in [-0.39, 0.29) is 12.5 Å². The number of carbonyl (C=O) groups excluding carboxylic acids is 1. The number of nitrogens with two attached hydrogens (primary N) is 1. The van der Waals surface area contributed by atoms with Crippen molar-refractivity contribution < 1.29 is 14.6 Å². The van der Waals surface area contributed by atoms with Crippen LogP contribution in [0, 0.1) is 0 Å². The number of nitrogen functional groups attached to an aromatic ring is 1. The second kappa shape index (κ2) is 5.27. The van der Waals surface area contributed by atoms with Crippen LogP contribution in [-0.2, 0) is 0 Å². The summed E-state index contributed by atoms with van der Waals surface area (Å²) in [5.41, 5.74) is 5.64. The fourth-order valence-electron chi connectivity index (χ4n) is 1.72. The number of methoxy groups -OCH3 is 1. The highest BCUT2D eigenvalue weighted by Crippen LogP contribution is 2.21. The molecule has 0 heterocycles. The van der Waals surface area contributed by atoms with Crippen molar-refractivity contribution in [2.24, 2.45) is 0 Å². The molecule has 0 spiro atoms. The van der Waals surface area contributed by atoms with E-state index in [1.54, 1.807) is 39.1 Å². The molecule has 0 radical (unpaired) electrons. The van der Waals surface area contributed by atoms with Crippen LogP contribution in [-0.4, -0.2) is 42.2 Å². The van der Waals surface area contributed by atoms with Gasteiger partial charge in [0.1, 0.15) is 5.75 Å². The molecule has 0 aliphatic heterocycles. The van der Waals surface area contributed by atoms with Gasteiger partial charge in [0.15, 0.2) is 0 Å². The highest BCUT2D eigenvalue weighted by atomic mass is 16.5. The summed E-state index contributed by atoms with van der Waals surface area (Å²) in [6.45, 7) is 3.53. The van der Waals surface area contributed by atoms with Crippen molar-refractivity contribution in [2.45, 2.75) is 19.4 Å². The lowest BCUT2D eigenvalue weighted by Crippen LogP contribution is -2.39. The van der Waals surface area contributed by atoms with Crippen molar-refractivity contribution in [2.75, 3.05) is 26.4 Å². The van der Waals surface area contributed by atoms with Crippen LogP contribution in [0.4, 0.5) is 5.69 Å². The van der Waals surface area contributed by atoms with Gasteiger partial charge in [0.25, 0.3) is 5.91 Å². The zero-order valence-corrected chi connectivity index (χ0v) is 11.2. The van der Waals surface area contributed by atoms with E-state index in [0.717, 1.165) is 0 Å². The third kappa shape index (κ3) is 3.63. The Labute approximate surface area is 107 Å². The maximum absolute atomic E-state index is 12.1. The standard InChI is InChI=1S/C13H20N2O3/c1-13(2,17)8-15(3)12(16)10-6-5-9(18-4)7-11(10)14/h5-7,17H,8,14H2,1-4H3. The fourth-order valence-corrected chi connectivity index (χ4v) is 1.72. The number of likely N-dealkylation sites (N-methyl/N-ethyl adjacent to an activating group) is 1. The summed E-state index contributed by atoms with van der Waals surface area (Å²) in [4.78, 5) is 13.6. The van der Waals surface area contributed by atoms with Gasteiger partial charge < -0.3 is 20.5 Å². The lowest BCUT2D eigenvalue weighted by molar-refractivity contribution is 0.0368. The largest absolute Gasteiger partial charge is 0.497 e. The van der Waals surface area contributed by atoms with Crippen LogP contribution in [0.2, 0.25) is 0 Å². The molecule has 1 aromatic carbocycles. The topological polar surface area (TPSA) is 75.8 Å². The van der Waals surface area contributed by atoms with E-state index in [2.05, 4.69) is 0 Å². The molecule has 0 atom stereocenters. The molecule has 0 saturated carbocycles. The summed E-state index contributed by atoms with van der Waals surface area (Å²) in [6.07, 6.45) is 0. The number of amides is 1. The molecule has 100 valence electrons. The minimum Gasteiger partial charge on any atom is -0.497 e. The molecule has 18 heavy (non-hydrogen) atoms. The summed E-state index contributed by atoms with van der Waals surface area (Å²) < 4.78 is 5.03. The Kier molecular flexibility index (Phi) is 4.19. The van der Waals surface area contributed by atoms with Crippen LogP contribution < -0.4 is 10.5 Å². The highest BCUT2D eigenvalue weighted by Gasteiger charge is 2.21. The third-order valence-electron chi connectivity index (χ3n) is 2.46. The Bertz CT molecular complexity index is 438. The van der Waals surface area contributed by atoms with Gasteiger partial charge in [0, 0.05) is 25.3 Å². The smallest absolute Gasteiger partial charge is 0.255 e. The molecule has 0 aliphatic carbocycles. The molecule has 0 saturated heterocycles. The molecule has 3 N–H and O–H groups in total. The lowest BCUT2D eigenvalue weighted by atomic mass is 10.1. The minimum absolute atomic E-state index is 0.225. The van der Waals surface area contributed by atoms with Gasteiger partial charge in [0.2, 0.25) is 0 Å². The van der Waals surface area contributed by atoms with E-state index >= 15 is 0 Å². The molecule has 0 aliphatic rings. The first-order valence-corrected chi connectivity index (χ1v) is 5.66. The number of benzene rings is 1. The Morgan fingerprint density at radius 1 is 1.50 bits per heavy atom. The van der Waals surface area contributed by atoms with Crippen molar-refractivity contribution in [1.82, 2.24) is 4.90 Å². The maximum atomic E-state index is 12.1. The van der Waals surface area contributed by atoms with Crippen LogP contribution in [0.25, 0.3) is 0 Å². The SMILES string of the molecule is COc1ccc(C(=O)N(C)CC(C)(C)O)c(N)c1. The minimum atomic E-state index is -0.939. The van der Waals surface area contributed by atoms with Gasteiger partial charge in [-0.2, -0.15) is 0 Å². The Balaban J connectivity index is 2.90. The van der Waals surface area contributed by atoms with Gasteiger partial charge in [-0.15, -0.1) is 0 Å². The molecular formula is C13H20N2O3. The van der Waals surface area contributed by atoms with Crippen molar-refractivity contribution >= 4 is 11.6 Å². The molecule has 0 aromatic heterocycles. The average molecular weight is 252 g/mol. The number of rotatable bonds is 4. The van der Waals surface area contributed by atoms with Crippen LogP contribution in [0.5, 0.6) is 5.75 Å². The van der Waals surface area contributed by atoms with Crippen molar-refractivity contribution in [3.8, 4) is 5.75 Å². The summed E-state index contributed by atoms with van der Waals surface area (Å²) in [5, 5.41) is 9.69. The second-order valence-electron chi connectivity index (χ2n) is 4.93. The molecule has 5 heteroatoms. The molecule has 0 unspecified atom stereocenters. The monoisotopic (exact) mass is 252 g/mol. The summed E-state index contributed by atoms with van der Waals surface area (Å²) in [7, 11) is 3.17. The number of ether oxygens (including phenoxy) is 1. The van der Waals surface area contributed by atoms with Gasteiger partial charge in [-0.1, -0.05) is 0 Å². The number of hydrogen-bond acceptors (Lipinski definition) is 4. The molecule has 1 rings (SSSR count). The van der Waals surface area contributed by atoms with Crippen LogP contribution in [0.15, 0.2) is 18.2 Å². The van der Waals surface area contributed by atoms with Crippen molar-refractivity contribution in [3.63, 3.8) is 0 Å². The van der Waals surface area contributed by atoms with Crippen LogP contribution in [0.1, 0.15) is 24.2 Å². The number of anilines is 1. The average Bonchev–Trinajstić information content (AvgIpc) is 2.25. The maximum Gasteiger partial charge on any atom is 0.255 e. The number of nitrogens with zero attached hydrogens (tertiary/aromatic N) is 1. The first-order valence-electron chi connectivity index (χ1n) is 5.66. The van der Waals surface area contributed by atoms with E-state index < -0.39 is 5.60 Å².